The van der Waals surface area contributed by atoms with Gasteiger partial charge in [0, 0.05) is 48.9 Å². The first-order valence-corrected chi connectivity index (χ1v) is 10.1. The van der Waals surface area contributed by atoms with Gasteiger partial charge in [-0.25, -0.2) is 0 Å². The Balaban J connectivity index is 1.40. The van der Waals surface area contributed by atoms with Crippen molar-refractivity contribution in [1.29, 1.82) is 0 Å². The molecular formula is C21H19N5O2S. The van der Waals surface area contributed by atoms with Crippen LogP contribution in [0.15, 0.2) is 69.9 Å². The third kappa shape index (κ3) is 4.91. The summed E-state index contributed by atoms with van der Waals surface area (Å²) in [6, 6.07) is 11.9. The predicted octanol–water partition coefficient (Wildman–Crippen LogP) is 3.41. The molecule has 0 N–H and O–H groups in total. The molecule has 29 heavy (non-hydrogen) atoms. The maximum absolute atomic E-state index is 12.3. The van der Waals surface area contributed by atoms with E-state index in [1.54, 1.807) is 24.5 Å². The maximum atomic E-state index is 12.3. The number of hydrogen-bond acceptors (Lipinski definition) is 6. The third-order valence-corrected chi connectivity index (χ3v) is 5.11. The van der Waals surface area contributed by atoms with Crippen LogP contribution in [0.2, 0.25) is 0 Å². The summed E-state index contributed by atoms with van der Waals surface area (Å²) >= 11 is 1.44. The van der Waals surface area contributed by atoms with E-state index in [2.05, 4.69) is 51.3 Å². The molecule has 0 aliphatic rings. The summed E-state index contributed by atoms with van der Waals surface area (Å²) in [6.45, 7) is 2.74. The first kappa shape index (κ1) is 18.9. The van der Waals surface area contributed by atoms with Crippen molar-refractivity contribution < 1.29 is 9.32 Å². The molecule has 0 bridgehead atoms. The highest BCUT2D eigenvalue weighted by atomic mass is 32.1. The highest BCUT2D eigenvalue weighted by Gasteiger charge is 2.10. The number of aryl methyl sites for hydroxylation is 2. The molecule has 4 rings (SSSR count). The average molecular weight is 405 g/mol. The van der Waals surface area contributed by atoms with Crippen LogP contribution in [0.5, 0.6) is 0 Å². The molecule has 3 aromatic heterocycles. The molecule has 0 saturated heterocycles. The quantitative estimate of drug-likeness (QED) is 0.491. The average Bonchev–Trinajstić information content (AvgIpc) is 3.39. The number of thiazole rings is 1. The van der Waals surface area contributed by atoms with Crippen LogP contribution in [0.1, 0.15) is 23.4 Å². The van der Waals surface area contributed by atoms with Crippen LogP contribution >= 0.6 is 11.3 Å². The lowest BCUT2D eigenvalue weighted by Gasteiger charge is -2.03. The van der Waals surface area contributed by atoms with Gasteiger partial charge in [-0.1, -0.05) is 35.0 Å². The van der Waals surface area contributed by atoms with Gasteiger partial charge in [-0.05, 0) is 24.6 Å². The van der Waals surface area contributed by atoms with E-state index in [0.29, 0.717) is 29.5 Å². The first-order chi connectivity index (χ1) is 14.2. The van der Waals surface area contributed by atoms with E-state index >= 15 is 0 Å². The Kier molecular flexibility index (Phi) is 5.71. The summed E-state index contributed by atoms with van der Waals surface area (Å²) in [4.78, 5) is 25.6. The molecule has 0 aliphatic heterocycles. The topological polar surface area (TPSA) is 86.2 Å². The van der Waals surface area contributed by atoms with Crippen molar-refractivity contribution in [3.05, 3.63) is 82.2 Å². The van der Waals surface area contributed by atoms with Gasteiger partial charge in [0.2, 0.25) is 17.6 Å². The molecular weight excluding hydrogens is 386 g/mol. The minimum absolute atomic E-state index is 0.209. The third-order valence-electron chi connectivity index (χ3n) is 4.31. The van der Waals surface area contributed by atoms with Crippen LogP contribution < -0.4 is 4.80 Å². The van der Waals surface area contributed by atoms with Crippen molar-refractivity contribution >= 4 is 17.2 Å². The molecule has 0 spiro atoms. The zero-order valence-corrected chi connectivity index (χ0v) is 16.7. The lowest BCUT2D eigenvalue weighted by molar-refractivity contribution is -0.118. The number of aromatic nitrogens is 4. The number of rotatable bonds is 6. The zero-order valence-electron chi connectivity index (χ0n) is 15.9. The summed E-state index contributed by atoms with van der Waals surface area (Å²) in [5.74, 6) is 0.689. The van der Waals surface area contributed by atoms with E-state index in [9.17, 15) is 4.79 Å². The van der Waals surface area contributed by atoms with Gasteiger partial charge in [-0.2, -0.15) is 9.98 Å². The van der Waals surface area contributed by atoms with Crippen LogP contribution in [0.25, 0.3) is 11.4 Å². The first-order valence-electron chi connectivity index (χ1n) is 9.17. The number of hydrogen-bond donors (Lipinski definition) is 0. The number of benzene rings is 1. The molecule has 8 heteroatoms. The second-order valence-electron chi connectivity index (χ2n) is 6.55. The number of carbonyl (C=O) groups is 1. The molecule has 0 fully saturated rings. The molecule has 0 radical (unpaired) electrons. The summed E-state index contributed by atoms with van der Waals surface area (Å²) in [6.07, 6.45) is 5.83. The minimum Gasteiger partial charge on any atom is -0.339 e. The van der Waals surface area contributed by atoms with Gasteiger partial charge >= 0.3 is 0 Å². The zero-order chi connectivity index (χ0) is 20.1. The largest absolute Gasteiger partial charge is 0.339 e. The highest BCUT2D eigenvalue weighted by Crippen LogP contribution is 2.14. The molecule has 0 atom stereocenters. The van der Waals surface area contributed by atoms with E-state index in [0.717, 1.165) is 11.1 Å². The normalized spacial score (nSPS) is 11.7. The number of pyridine rings is 1. The predicted molar refractivity (Wildman–Crippen MR) is 109 cm³/mol. The van der Waals surface area contributed by atoms with E-state index in [-0.39, 0.29) is 12.3 Å². The Morgan fingerprint density at radius 3 is 2.76 bits per heavy atom. The van der Waals surface area contributed by atoms with Gasteiger partial charge in [-0.15, -0.1) is 11.3 Å². The summed E-state index contributed by atoms with van der Waals surface area (Å²) in [7, 11) is 0. The van der Waals surface area contributed by atoms with Crippen molar-refractivity contribution in [2.24, 2.45) is 4.99 Å². The fraction of sp³-hybridized carbons (Fsp3) is 0.190. The summed E-state index contributed by atoms with van der Waals surface area (Å²) < 4.78 is 7.21. The standard InChI is InChI=1S/C21H19N5O2S/c1-15-2-4-16(5-3-15)14-26-12-13-29-21(26)23-18(27)6-7-19-24-20(25-28-19)17-8-10-22-11-9-17/h2-5,8-13H,6-7,14H2,1H3. The molecule has 0 saturated carbocycles. The number of carbonyl (C=O) groups excluding carboxylic acids is 1. The Morgan fingerprint density at radius 2 is 1.97 bits per heavy atom. The second-order valence-corrected chi connectivity index (χ2v) is 7.43. The number of nitrogens with zero attached hydrogens (tertiary/aromatic N) is 5. The molecule has 3 heterocycles. The maximum Gasteiger partial charge on any atom is 0.248 e. The van der Waals surface area contributed by atoms with Gasteiger partial charge in [0.05, 0.1) is 0 Å². The van der Waals surface area contributed by atoms with Gasteiger partial charge in [0.25, 0.3) is 0 Å². The van der Waals surface area contributed by atoms with Crippen molar-refractivity contribution in [3.8, 4) is 11.4 Å². The Morgan fingerprint density at radius 1 is 1.17 bits per heavy atom. The van der Waals surface area contributed by atoms with Crippen LogP contribution in [-0.2, 0) is 17.8 Å². The van der Waals surface area contributed by atoms with Crippen LogP contribution in [-0.4, -0.2) is 25.6 Å². The second kappa shape index (κ2) is 8.74. The fourth-order valence-electron chi connectivity index (χ4n) is 2.75. The fourth-order valence-corrected chi connectivity index (χ4v) is 3.49. The van der Waals surface area contributed by atoms with Gasteiger partial charge in [0.1, 0.15) is 0 Å². The van der Waals surface area contributed by atoms with Crippen LogP contribution in [0.3, 0.4) is 0 Å². The smallest absolute Gasteiger partial charge is 0.248 e. The molecule has 146 valence electrons. The summed E-state index contributed by atoms with van der Waals surface area (Å²) in [5, 5.41) is 5.88. The van der Waals surface area contributed by atoms with E-state index in [1.165, 1.54) is 16.9 Å². The van der Waals surface area contributed by atoms with Crippen molar-refractivity contribution in [2.45, 2.75) is 26.3 Å². The lowest BCUT2D eigenvalue weighted by Crippen LogP contribution is -2.17. The molecule has 0 aliphatic carbocycles. The van der Waals surface area contributed by atoms with Crippen molar-refractivity contribution in [3.63, 3.8) is 0 Å². The molecule has 4 aromatic rings. The van der Waals surface area contributed by atoms with E-state index in [4.69, 9.17) is 4.52 Å². The van der Waals surface area contributed by atoms with E-state index < -0.39 is 0 Å². The van der Waals surface area contributed by atoms with Gasteiger partial charge in [-0.3, -0.25) is 9.78 Å². The van der Waals surface area contributed by atoms with Crippen LogP contribution in [0, 0.1) is 6.92 Å². The van der Waals surface area contributed by atoms with E-state index in [1.807, 2.05) is 16.1 Å². The lowest BCUT2D eigenvalue weighted by atomic mass is 10.1. The Labute approximate surface area is 171 Å². The SMILES string of the molecule is Cc1ccc(Cn2ccsc2=NC(=O)CCc2nc(-c3ccncc3)no2)cc1. The van der Waals surface area contributed by atoms with Crippen molar-refractivity contribution in [2.75, 3.05) is 0 Å². The monoisotopic (exact) mass is 405 g/mol. The molecule has 1 amide bonds. The van der Waals surface area contributed by atoms with Crippen molar-refractivity contribution in [1.82, 2.24) is 19.7 Å². The Hall–Kier alpha value is -3.39. The van der Waals surface area contributed by atoms with Crippen LogP contribution in [0.4, 0.5) is 0 Å². The number of amides is 1. The van der Waals surface area contributed by atoms with Gasteiger partial charge < -0.3 is 9.09 Å². The van der Waals surface area contributed by atoms with Gasteiger partial charge in [0.15, 0.2) is 4.80 Å². The Bertz CT molecular complexity index is 1160. The molecule has 0 unspecified atom stereocenters. The summed E-state index contributed by atoms with van der Waals surface area (Å²) in [5.41, 5.74) is 3.21. The molecule has 7 nitrogen and oxygen atoms in total. The minimum atomic E-state index is -0.214. The highest BCUT2D eigenvalue weighted by molar-refractivity contribution is 7.07. The molecule has 1 aromatic carbocycles.